The molecule has 0 saturated heterocycles. The summed E-state index contributed by atoms with van der Waals surface area (Å²) in [6.45, 7) is 0. The normalized spacial score (nSPS) is 15.5. The second-order valence-corrected chi connectivity index (χ2v) is 4.05. The van der Waals surface area contributed by atoms with Crippen LogP contribution in [-0.4, -0.2) is 11.0 Å². The molecular formula is C12H13N3. The van der Waals surface area contributed by atoms with Gasteiger partial charge in [-0.2, -0.15) is 0 Å². The van der Waals surface area contributed by atoms with E-state index in [-0.39, 0.29) is 0 Å². The summed E-state index contributed by atoms with van der Waals surface area (Å²) in [5.74, 6) is 0. The van der Waals surface area contributed by atoms with Gasteiger partial charge in [0.2, 0.25) is 0 Å². The van der Waals surface area contributed by atoms with Crippen LogP contribution in [-0.2, 0) is 0 Å². The molecular weight excluding hydrogens is 186 g/mol. The minimum atomic E-state index is 0.660. The van der Waals surface area contributed by atoms with Crippen LogP contribution in [0.25, 0.3) is 10.9 Å². The Morgan fingerprint density at radius 1 is 1.27 bits per heavy atom. The highest BCUT2D eigenvalue weighted by Crippen LogP contribution is 2.29. The number of nitrogen functional groups attached to an aromatic ring is 1. The molecule has 76 valence electrons. The summed E-state index contributed by atoms with van der Waals surface area (Å²) in [6, 6.07) is 8.54. The maximum absolute atomic E-state index is 5.73. The molecule has 1 aromatic heterocycles. The highest BCUT2D eigenvalue weighted by molar-refractivity contribution is 5.92. The smallest absolute Gasteiger partial charge is 0.0743 e. The number of pyridine rings is 1. The molecule has 0 aliphatic heterocycles. The molecule has 0 bridgehead atoms. The van der Waals surface area contributed by atoms with Gasteiger partial charge in [0, 0.05) is 29.0 Å². The molecule has 0 unspecified atom stereocenters. The Hall–Kier alpha value is -1.77. The Morgan fingerprint density at radius 3 is 2.93 bits per heavy atom. The number of nitrogens with one attached hydrogen (secondary N) is 1. The first kappa shape index (κ1) is 8.53. The van der Waals surface area contributed by atoms with E-state index in [4.69, 9.17) is 5.73 Å². The molecule has 0 amide bonds. The Kier molecular flexibility index (Phi) is 1.78. The predicted octanol–water partition coefficient (Wildman–Crippen LogP) is 2.39. The molecule has 1 heterocycles. The number of nitrogens with zero attached hydrogens (tertiary/aromatic N) is 1. The van der Waals surface area contributed by atoms with E-state index in [0.29, 0.717) is 6.04 Å². The molecule has 1 fully saturated rings. The summed E-state index contributed by atoms with van der Waals surface area (Å²) in [5, 5.41) is 4.65. The Bertz CT molecular complexity index is 503. The number of benzene rings is 1. The molecule has 2 aromatic rings. The van der Waals surface area contributed by atoms with Crippen molar-refractivity contribution in [3.8, 4) is 0 Å². The number of hydrogen-bond acceptors (Lipinski definition) is 3. The van der Waals surface area contributed by atoms with Crippen LogP contribution in [0.4, 0.5) is 11.4 Å². The fourth-order valence-electron chi connectivity index (χ4n) is 1.74. The Morgan fingerprint density at radius 2 is 2.13 bits per heavy atom. The van der Waals surface area contributed by atoms with Crippen molar-refractivity contribution in [1.29, 1.82) is 0 Å². The fraction of sp³-hybridized carbons (Fsp3) is 0.250. The highest BCUT2D eigenvalue weighted by Gasteiger charge is 2.21. The average molecular weight is 199 g/mol. The van der Waals surface area contributed by atoms with Crippen LogP contribution in [0, 0.1) is 0 Å². The SMILES string of the molecule is Nc1ccc2c(NC3CC3)ccnc2c1. The van der Waals surface area contributed by atoms with Crippen LogP contribution in [0.15, 0.2) is 30.5 Å². The van der Waals surface area contributed by atoms with E-state index in [1.165, 1.54) is 18.5 Å². The third-order valence-corrected chi connectivity index (χ3v) is 2.70. The number of anilines is 2. The van der Waals surface area contributed by atoms with Crippen LogP contribution in [0.3, 0.4) is 0 Å². The first-order chi connectivity index (χ1) is 7.33. The maximum atomic E-state index is 5.73. The lowest BCUT2D eigenvalue weighted by Crippen LogP contribution is -2.01. The van der Waals surface area contributed by atoms with Gasteiger partial charge in [-0.3, -0.25) is 4.98 Å². The van der Waals surface area contributed by atoms with Gasteiger partial charge < -0.3 is 11.1 Å². The summed E-state index contributed by atoms with van der Waals surface area (Å²) in [7, 11) is 0. The van der Waals surface area contributed by atoms with Gasteiger partial charge in [-0.05, 0) is 37.1 Å². The van der Waals surface area contributed by atoms with Crippen LogP contribution in [0.1, 0.15) is 12.8 Å². The van der Waals surface area contributed by atoms with E-state index in [9.17, 15) is 0 Å². The molecule has 3 rings (SSSR count). The van der Waals surface area contributed by atoms with Crippen LogP contribution in [0.2, 0.25) is 0 Å². The van der Waals surface area contributed by atoms with E-state index < -0.39 is 0 Å². The number of nitrogens with two attached hydrogens (primary N) is 1. The van der Waals surface area contributed by atoms with Gasteiger partial charge in [-0.15, -0.1) is 0 Å². The molecule has 3 N–H and O–H groups in total. The molecule has 0 atom stereocenters. The van der Waals surface area contributed by atoms with Gasteiger partial charge >= 0.3 is 0 Å². The number of aromatic nitrogens is 1. The second kappa shape index (κ2) is 3.12. The first-order valence-corrected chi connectivity index (χ1v) is 5.24. The zero-order valence-electron chi connectivity index (χ0n) is 8.40. The number of fused-ring (bicyclic) bond motifs is 1. The fourth-order valence-corrected chi connectivity index (χ4v) is 1.74. The standard InChI is InChI=1S/C12H13N3/c13-8-1-4-10-11(15-9-2-3-9)5-6-14-12(10)7-8/h1,4-7,9H,2-3,13H2,(H,14,15). The summed E-state index contributed by atoms with van der Waals surface area (Å²) in [6.07, 6.45) is 4.38. The highest BCUT2D eigenvalue weighted by atomic mass is 15.0. The van der Waals surface area contributed by atoms with Gasteiger partial charge in [0.25, 0.3) is 0 Å². The van der Waals surface area contributed by atoms with Gasteiger partial charge in [-0.25, -0.2) is 0 Å². The molecule has 0 spiro atoms. The molecule has 3 heteroatoms. The van der Waals surface area contributed by atoms with Crippen molar-refractivity contribution in [2.45, 2.75) is 18.9 Å². The predicted molar refractivity (Wildman–Crippen MR) is 62.8 cm³/mol. The third kappa shape index (κ3) is 1.61. The summed E-state index contributed by atoms with van der Waals surface area (Å²) in [4.78, 5) is 4.31. The van der Waals surface area contributed by atoms with Crippen LogP contribution < -0.4 is 11.1 Å². The zero-order chi connectivity index (χ0) is 10.3. The molecule has 3 nitrogen and oxygen atoms in total. The lowest BCUT2D eigenvalue weighted by atomic mass is 10.1. The van der Waals surface area contributed by atoms with Gasteiger partial charge in [0.15, 0.2) is 0 Å². The third-order valence-electron chi connectivity index (χ3n) is 2.70. The molecule has 0 radical (unpaired) electrons. The van der Waals surface area contributed by atoms with Crippen molar-refractivity contribution in [3.63, 3.8) is 0 Å². The van der Waals surface area contributed by atoms with E-state index in [2.05, 4.69) is 10.3 Å². The summed E-state index contributed by atoms with van der Waals surface area (Å²) >= 11 is 0. The molecule has 1 aliphatic carbocycles. The van der Waals surface area contributed by atoms with E-state index >= 15 is 0 Å². The van der Waals surface area contributed by atoms with Crippen molar-refractivity contribution >= 4 is 22.3 Å². The van der Waals surface area contributed by atoms with Gasteiger partial charge in [0.05, 0.1) is 5.52 Å². The van der Waals surface area contributed by atoms with Crippen LogP contribution >= 0.6 is 0 Å². The van der Waals surface area contributed by atoms with Crippen molar-refractivity contribution < 1.29 is 0 Å². The van der Waals surface area contributed by atoms with Gasteiger partial charge in [0.1, 0.15) is 0 Å². The van der Waals surface area contributed by atoms with E-state index in [1.807, 2.05) is 30.5 Å². The van der Waals surface area contributed by atoms with Gasteiger partial charge in [-0.1, -0.05) is 0 Å². The largest absolute Gasteiger partial charge is 0.399 e. The second-order valence-electron chi connectivity index (χ2n) is 4.05. The minimum Gasteiger partial charge on any atom is -0.399 e. The molecule has 1 aromatic carbocycles. The molecule has 15 heavy (non-hydrogen) atoms. The van der Waals surface area contributed by atoms with E-state index in [0.717, 1.165) is 16.6 Å². The average Bonchev–Trinajstić information content (AvgIpc) is 3.01. The maximum Gasteiger partial charge on any atom is 0.0743 e. The lowest BCUT2D eigenvalue weighted by molar-refractivity contribution is 1.16. The quantitative estimate of drug-likeness (QED) is 0.730. The topological polar surface area (TPSA) is 50.9 Å². The Labute approximate surface area is 88.3 Å². The number of hydrogen-bond donors (Lipinski definition) is 2. The van der Waals surface area contributed by atoms with Crippen LogP contribution in [0.5, 0.6) is 0 Å². The van der Waals surface area contributed by atoms with Crippen molar-refractivity contribution in [2.24, 2.45) is 0 Å². The van der Waals surface area contributed by atoms with Crippen molar-refractivity contribution in [1.82, 2.24) is 4.98 Å². The number of rotatable bonds is 2. The van der Waals surface area contributed by atoms with E-state index in [1.54, 1.807) is 0 Å². The van der Waals surface area contributed by atoms with Crippen molar-refractivity contribution in [3.05, 3.63) is 30.5 Å². The minimum absolute atomic E-state index is 0.660. The van der Waals surface area contributed by atoms with Crippen molar-refractivity contribution in [2.75, 3.05) is 11.1 Å². The Balaban J connectivity index is 2.12. The zero-order valence-corrected chi connectivity index (χ0v) is 8.40. The molecule has 1 aliphatic rings. The summed E-state index contributed by atoms with van der Waals surface area (Å²) in [5.41, 5.74) is 8.62. The monoisotopic (exact) mass is 199 g/mol. The molecule has 1 saturated carbocycles. The first-order valence-electron chi connectivity index (χ1n) is 5.24. The summed E-state index contributed by atoms with van der Waals surface area (Å²) < 4.78 is 0. The lowest BCUT2D eigenvalue weighted by Gasteiger charge is -2.08.